The quantitative estimate of drug-likeness (QED) is 0.673. The normalized spacial score (nSPS) is 19.0. The molecule has 4 rings (SSSR count). The fourth-order valence-electron chi connectivity index (χ4n) is 4.30. The summed E-state index contributed by atoms with van der Waals surface area (Å²) in [6.07, 6.45) is 1.25. The van der Waals surface area contributed by atoms with Gasteiger partial charge in [0.05, 0.1) is 0 Å². The van der Waals surface area contributed by atoms with Crippen molar-refractivity contribution in [2.75, 3.05) is 75.2 Å². The molecule has 2 aromatic carbocycles. The summed E-state index contributed by atoms with van der Waals surface area (Å²) in [6, 6.07) is 16.4. The number of anilines is 2. The second-order valence-corrected chi connectivity index (χ2v) is 8.84. The molecule has 4 nitrogen and oxygen atoms in total. The lowest BCUT2D eigenvalue weighted by Gasteiger charge is -2.38. The van der Waals surface area contributed by atoms with Crippen LogP contribution in [0.15, 0.2) is 48.5 Å². The van der Waals surface area contributed by atoms with Gasteiger partial charge in [-0.1, -0.05) is 29.3 Å². The van der Waals surface area contributed by atoms with Crippen molar-refractivity contribution in [1.29, 1.82) is 0 Å². The standard InChI is InChI=1S/C23H30Cl2N4/c24-20-5-7-22(8-6-20)28-15-11-26(12-16-28)9-2-10-27-13-17-29(18-14-27)23-4-1-3-21(25)19-23/h1,3-8,19H,2,9-18H2. The van der Waals surface area contributed by atoms with Gasteiger partial charge in [0.1, 0.15) is 0 Å². The first-order chi connectivity index (χ1) is 14.2. The van der Waals surface area contributed by atoms with Crippen LogP contribution in [0.25, 0.3) is 0 Å². The lowest BCUT2D eigenvalue weighted by atomic mass is 10.2. The maximum Gasteiger partial charge on any atom is 0.0426 e. The van der Waals surface area contributed by atoms with E-state index in [1.807, 2.05) is 24.3 Å². The number of nitrogens with zero attached hydrogens (tertiary/aromatic N) is 4. The van der Waals surface area contributed by atoms with Gasteiger partial charge in [-0.2, -0.15) is 0 Å². The van der Waals surface area contributed by atoms with Crippen LogP contribution in [-0.4, -0.2) is 75.2 Å². The molecule has 0 N–H and O–H groups in total. The third-order valence-electron chi connectivity index (χ3n) is 6.06. The van der Waals surface area contributed by atoms with Gasteiger partial charge in [0.2, 0.25) is 0 Å². The number of hydrogen-bond donors (Lipinski definition) is 0. The number of rotatable bonds is 6. The molecular formula is C23H30Cl2N4. The van der Waals surface area contributed by atoms with Crippen molar-refractivity contribution < 1.29 is 0 Å². The van der Waals surface area contributed by atoms with Crippen molar-refractivity contribution in [3.8, 4) is 0 Å². The second-order valence-electron chi connectivity index (χ2n) is 7.97. The van der Waals surface area contributed by atoms with Gasteiger partial charge in [0.25, 0.3) is 0 Å². The highest BCUT2D eigenvalue weighted by Gasteiger charge is 2.19. The van der Waals surface area contributed by atoms with E-state index in [2.05, 4.69) is 43.9 Å². The molecule has 0 bridgehead atoms. The Morgan fingerprint density at radius 1 is 0.586 bits per heavy atom. The summed E-state index contributed by atoms with van der Waals surface area (Å²) in [4.78, 5) is 10.1. The van der Waals surface area contributed by atoms with Crippen molar-refractivity contribution in [3.05, 3.63) is 58.6 Å². The minimum Gasteiger partial charge on any atom is -0.369 e. The average molecular weight is 433 g/mol. The van der Waals surface area contributed by atoms with Gasteiger partial charge in [0.15, 0.2) is 0 Å². The van der Waals surface area contributed by atoms with E-state index < -0.39 is 0 Å². The monoisotopic (exact) mass is 432 g/mol. The fraction of sp³-hybridized carbons (Fsp3) is 0.478. The van der Waals surface area contributed by atoms with Crippen LogP contribution >= 0.6 is 23.2 Å². The van der Waals surface area contributed by atoms with E-state index in [4.69, 9.17) is 23.2 Å². The summed E-state index contributed by atoms with van der Waals surface area (Å²) >= 11 is 12.1. The maximum absolute atomic E-state index is 6.14. The number of hydrogen-bond acceptors (Lipinski definition) is 4. The summed E-state index contributed by atoms with van der Waals surface area (Å²) in [5.74, 6) is 0. The van der Waals surface area contributed by atoms with Crippen LogP contribution in [0.5, 0.6) is 0 Å². The van der Waals surface area contributed by atoms with E-state index in [1.165, 1.54) is 30.9 Å². The molecule has 2 fully saturated rings. The highest BCUT2D eigenvalue weighted by atomic mass is 35.5. The largest absolute Gasteiger partial charge is 0.369 e. The van der Waals surface area contributed by atoms with Crippen molar-refractivity contribution in [2.45, 2.75) is 6.42 Å². The zero-order valence-corrected chi connectivity index (χ0v) is 18.5. The first-order valence-corrected chi connectivity index (χ1v) is 11.4. The Bertz CT molecular complexity index is 767. The Labute approximate surface area is 184 Å². The Balaban J connectivity index is 1.13. The van der Waals surface area contributed by atoms with Crippen molar-refractivity contribution in [2.24, 2.45) is 0 Å². The van der Waals surface area contributed by atoms with Crippen molar-refractivity contribution in [3.63, 3.8) is 0 Å². The van der Waals surface area contributed by atoms with Gasteiger partial charge in [0, 0.05) is 73.8 Å². The van der Waals surface area contributed by atoms with Gasteiger partial charge in [-0.25, -0.2) is 0 Å². The molecule has 0 aromatic heterocycles. The number of halogens is 2. The molecule has 0 radical (unpaired) electrons. The zero-order chi connectivity index (χ0) is 20.1. The molecule has 0 saturated carbocycles. The predicted molar refractivity (Wildman–Crippen MR) is 125 cm³/mol. The SMILES string of the molecule is Clc1ccc(N2CCN(CCCN3CCN(c4cccc(Cl)c4)CC3)CC2)cc1. The third-order valence-corrected chi connectivity index (χ3v) is 6.55. The minimum absolute atomic E-state index is 0.806. The molecular weight excluding hydrogens is 403 g/mol. The first kappa shape index (κ1) is 20.8. The lowest BCUT2D eigenvalue weighted by Crippen LogP contribution is -2.48. The highest BCUT2D eigenvalue weighted by molar-refractivity contribution is 6.31. The summed E-state index contributed by atoms with van der Waals surface area (Å²) < 4.78 is 0. The van der Waals surface area contributed by atoms with Crippen LogP contribution in [-0.2, 0) is 0 Å². The molecule has 29 heavy (non-hydrogen) atoms. The fourth-order valence-corrected chi connectivity index (χ4v) is 4.61. The van der Waals surface area contributed by atoms with Crippen molar-refractivity contribution in [1.82, 2.24) is 9.80 Å². The molecule has 2 aliphatic heterocycles. The lowest BCUT2D eigenvalue weighted by molar-refractivity contribution is 0.213. The number of benzene rings is 2. The first-order valence-electron chi connectivity index (χ1n) is 10.6. The van der Waals surface area contributed by atoms with Crippen LogP contribution in [0.1, 0.15) is 6.42 Å². The Morgan fingerprint density at radius 2 is 1.14 bits per heavy atom. The number of piperazine rings is 2. The Hall–Kier alpha value is -1.46. The van der Waals surface area contributed by atoms with E-state index in [9.17, 15) is 0 Å². The molecule has 156 valence electrons. The summed E-state index contributed by atoms with van der Waals surface area (Å²) in [5, 5.41) is 1.63. The molecule has 2 aliphatic rings. The average Bonchev–Trinajstić information content (AvgIpc) is 2.75. The van der Waals surface area contributed by atoms with Gasteiger partial charge in [-0.05, 0) is 62.0 Å². The van der Waals surface area contributed by atoms with E-state index in [0.717, 1.165) is 62.4 Å². The van der Waals surface area contributed by atoms with E-state index in [-0.39, 0.29) is 0 Å². The van der Waals surface area contributed by atoms with Crippen molar-refractivity contribution >= 4 is 34.6 Å². The molecule has 2 saturated heterocycles. The van der Waals surface area contributed by atoms with Crippen LogP contribution in [0.3, 0.4) is 0 Å². The predicted octanol–water partition coefficient (Wildman–Crippen LogP) is 4.33. The maximum atomic E-state index is 6.14. The minimum atomic E-state index is 0.806. The molecule has 6 heteroatoms. The van der Waals surface area contributed by atoms with Gasteiger partial charge in [-0.3, -0.25) is 9.80 Å². The van der Waals surface area contributed by atoms with Crippen LogP contribution in [0.2, 0.25) is 10.0 Å². The van der Waals surface area contributed by atoms with E-state index in [1.54, 1.807) is 0 Å². The Kier molecular flexibility index (Phi) is 7.20. The van der Waals surface area contributed by atoms with Crippen LogP contribution in [0.4, 0.5) is 11.4 Å². The van der Waals surface area contributed by atoms with Gasteiger partial charge < -0.3 is 9.80 Å². The third kappa shape index (κ3) is 5.79. The molecule has 2 aromatic rings. The van der Waals surface area contributed by atoms with E-state index in [0.29, 0.717) is 0 Å². The molecule has 0 spiro atoms. The van der Waals surface area contributed by atoms with Crippen LogP contribution < -0.4 is 9.80 Å². The molecule has 0 aliphatic carbocycles. The summed E-state index contributed by atoms with van der Waals surface area (Å²) in [7, 11) is 0. The zero-order valence-electron chi connectivity index (χ0n) is 16.9. The summed E-state index contributed by atoms with van der Waals surface area (Å²) in [5.41, 5.74) is 2.53. The Morgan fingerprint density at radius 3 is 1.69 bits per heavy atom. The van der Waals surface area contributed by atoms with Crippen LogP contribution in [0, 0.1) is 0 Å². The molecule has 0 amide bonds. The highest BCUT2D eigenvalue weighted by Crippen LogP contribution is 2.21. The topological polar surface area (TPSA) is 13.0 Å². The molecule has 0 atom stereocenters. The van der Waals surface area contributed by atoms with E-state index >= 15 is 0 Å². The van der Waals surface area contributed by atoms with Gasteiger partial charge >= 0.3 is 0 Å². The molecule has 0 unspecified atom stereocenters. The molecule has 2 heterocycles. The second kappa shape index (κ2) is 10.0. The summed E-state index contributed by atoms with van der Waals surface area (Å²) in [6.45, 7) is 11.3. The smallest absolute Gasteiger partial charge is 0.0426 e. The van der Waals surface area contributed by atoms with Gasteiger partial charge in [-0.15, -0.1) is 0 Å².